The standard InChI is InChI=1S/C42H26BNO2/c1-2-11-27(12-3-1)30-24-35-34-17-6-9-20-39(34)46-43-36-25-29(21-22-40(36)45-41(26-30)42(35)43)28-13-10-14-31(23-28)44-37-18-7-4-15-32(37)33-16-5-8-19-38(33)44/h1-26H. The monoisotopic (exact) mass is 587 g/mol. The van der Waals surface area contributed by atoms with Gasteiger partial charge in [-0.2, -0.15) is 0 Å². The summed E-state index contributed by atoms with van der Waals surface area (Å²) < 4.78 is 15.8. The van der Waals surface area contributed by atoms with Crippen LogP contribution in [0.15, 0.2) is 158 Å². The smallest absolute Gasteiger partial charge is 0.434 e. The summed E-state index contributed by atoms with van der Waals surface area (Å²) in [6, 6.07) is 55.9. The van der Waals surface area contributed by atoms with Crippen LogP contribution in [0.4, 0.5) is 0 Å². The Morgan fingerprint density at radius 3 is 1.96 bits per heavy atom. The van der Waals surface area contributed by atoms with Gasteiger partial charge in [0.05, 0.1) is 11.0 Å². The molecule has 214 valence electrons. The number of aromatic nitrogens is 1. The Morgan fingerprint density at radius 2 is 1.13 bits per heavy atom. The lowest BCUT2D eigenvalue weighted by atomic mass is 9.50. The second-order valence-electron chi connectivity index (χ2n) is 12.1. The Hall–Kier alpha value is -6.00. The Labute approximate surface area is 267 Å². The zero-order valence-electron chi connectivity index (χ0n) is 24.9. The van der Waals surface area contributed by atoms with Gasteiger partial charge in [-0.05, 0) is 76.3 Å². The molecule has 0 radical (unpaired) electrons. The van der Waals surface area contributed by atoms with E-state index in [2.05, 4.69) is 150 Å². The summed E-state index contributed by atoms with van der Waals surface area (Å²) in [4.78, 5) is 0. The van der Waals surface area contributed by atoms with E-state index in [-0.39, 0.29) is 6.92 Å². The maximum atomic E-state index is 6.80. The van der Waals surface area contributed by atoms with Crippen molar-refractivity contribution in [1.29, 1.82) is 0 Å². The number of benzene rings is 7. The molecule has 0 amide bonds. The normalized spacial score (nSPS) is 12.7. The third-order valence-corrected chi connectivity index (χ3v) is 9.46. The number of fused-ring (bicyclic) bond motifs is 7. The van der Waals surface area contributed by atoms with E-state index in [9.17, 15) is 0 Å². The Kier molecular flexibility index (Phi) is 5.37. The van der Waals surface area contributed by atoms with Gasteiger partial charge in [-0.1, -0.05) is 109 Å². The quantitative estimate of drug-likeness (QED) is 0.192. The Balaban J connectivity index is 1.12. The average Bonchev–Trinajstić information content (AvgIpc) is 3.46. The van der Waals surface area contributed by atoms with Crippen molar-refractivity contribution in [1.82, 2.24) is 4.57 Å². The minimum absolute atomic E-state index is 0.269. The minimum atomic E-state index is -0.269. The van der Waals surface area contributed by atoms with Crippen molar-refractivity contribution in [2.75, 3.05) is 0 Å². The highest BCUT2D eigenvalue weighted by Crippen LogP contribution is 2.42. The predicted octanol–water partition coefficient (Wildman–Crippen LogP) is 9.39. The van der Waals surface area contributed by atoms with Crippen molar-refractivity contribution in [3.63, 3.8) is 0 Å². The van der Waals surface area contributed by atoms with Crippen LogP contribution in [0.25, 0.3) is 60.9 Å². The SMILES string of the molecule is c1ccc(-c2cc3c4c(c2)-c2ccccc2OB4c2cc(-c4cccc(-n5c6ccccc6c6ccccc65)c4)ccc2O3)cc1. The lowest BCUT2D eigenvalue weighted by Crippen LogP contribution is -2.53. The third-order valence-electron chi connectivity index (χ3n) is 9.46. The molecule has 3 heterocycles. The molecule has 1 aromatic heterocycles. The summed E-state index contributed by atoms with van der Waals surface area (Å²) in [7, 11) is 0. The summed E-state index contributed by atoms with van der Waals surface area (Å²) in [6.45, 7) is -0.269. The molecule has 2 aliphatic rings. The van der Waals surface area contributed by atoms with Gasteiger partial charge in [-0.3, -0.25) is 0 Å². The molecule has 7 aromatic carbocycles. The third kappa shape index (κ3) is 3.74. The molecule has 0 aliphatic carbocycles. The lowest BCUT2D eigenvalue weighted by molar-refractivity contribution is 0.479. The van der Waals surface area contributed by atoms with Crippen molar-refractivity contribution in [3.05, 3.63) is 158 Å². The molecule has 0 N–H and O–H groups in total. The Bertz CT molecular complexity index is 2440. The fourth-order valence-corrected chi connectivity index (χ4v) is 7.37. The molecule has 0 fully saturated rings. The van der Waals surface area contributed by atoms with Gasteiger partial charge in [-0.25, -0.2) is 0 Å². The summed E-state index contributed by atoms with van der Waals surface area (Å²) >= 11 is 0. The van der Waals surface area contributed by atoms with Crippen LogP contribution in [-0.4, -0.2) is 11.5 Å². The fourth-order valence-electron chi connectivity index (χ4n) is 7.37. The van der Waals surface area contributed by atoms with Crippen molar-refractivity contribution in [2.45, 2.75) is 0 Å². The van der Waals surface area contributed by atoms with Crippen molar-refractivity contribution >= 4 is 39.6 Å². The molecule has 0 unspecified atom stereocenters. The first-order valence-electron chi connectivity index (χ1n) is 15.7. The molecule has 0 saturated heterocycles. The number of ether oxygens (including phenoxy) is 1. The largest absolute Gasteiger partial charge is 0.551 e. The van der Waals surface area contributed by atoms with Gasteiger partial charge in [0, 0.05) is 32.9 Å². The van der Waals surface area contributed by atoms with E-state index in [4.69, 9.17) is 9.39 Å². The highest BCUT2D eigenvalue weighted by atomic mass is 16.5. The highest BCUT2D eigenvalue weighted by molar-refractivity contribution is 6.84. The molecule has 0 spiro atoms. The molecular formula is C42H26BNO2. The molecule has 2 aliphatic heterocycles. The Morgan fingerprint density at radius 1 is 0.435 bits per heavy atom. The molecule has 0 bridgehead atoms. The zero-order chi connectivity index (χ0) is 30.2. The number of nitrogens with zero attached hydrogens (tertiary/aromatic N) is 1. The fraction of sp³-hybridized carbons (Fsp3) is 0. The second kappa shape index (κ2) is 9.75. The maximum Gasteiger partial charge on any atom is 0.434 e. The van der Waals surface area contributed by atoms with E-state index in [0.29, 0.717) is 0 Å². The predicted molar refractivity (Wildman–Crippen MR) is 189 cm³/mol. The van der Waals surface area contributed by atoms with Crippen LogP contribution >= 0.6 is 0 Å². The van der Waals surface area contributed by atoms with Crippen LogP contribution in [0.5, 0.6) is 17.2 Å². The summed E-state index contributed by atoms with van der Waals surface area (Å²) in [5.74, 6) is 2.57. The lowest BCUT2D eigenvalue weighted by Gasteiger charge is -2.33. The molecule has 0 saturated carbocycles. The van der Waals surface area contributed by atoms with Gasteiger partial charge < -0.3 is 14.0 Å². The molecule has 46 heavy (non-hydrogen) atoms. The van der Waals surface area contributed by atoms with E-state index in [1.807, 2.05) is 12.1 Å². The van der Waals surface area contributed by atoms with Gasteiger partial charge in [0.1, 0.15) is 17.2 Å². The zero-order valence-corrected chi connectivity index (χ0v) is 24.9. The first-order chi connectivity index (χ1) is 22.8. The minimum Gasteiger partial charge on any atom is -0.551 e. The summed E-state index contributed by atoms with van der Waals surface area (Å²) in [5, 5.41) is 2.52. The van der Waals surface area contributed by atoms with Gasteiger partial charge >= 0.3 is 6.92 Å². The van der Waals surface area contributed by atoms with E-state index >= 15 is 0 Å². The van der Waals surface area contributed by atoms with Gasteiger partial charge in [0.15, 0.2) is 0 Å². The summed E-state index contributed by atoms with van der Waals surface area (Å²) in [5.41, 5.74) is 12.5. The van der Waals surface area contributed by atoms with E-state index in [0.717, 1.165) is 67.2 Å². The number of para-hydroxylation sites is 3. The van der Waals surface area contributed by atoms with Crippen LogP contribution in [-0.2, 0) is 0 Å². The van der Waals surface area contributed by atoms with Crippen LogP contribution in [0.1, 0.15) is 0 Å². The first kappa shape index (κ1) is 25.3. The van der Waals surface area contributed by atoms with E-state index in [1.54, 1.807) is 0 Å². The maximum absolute atomic E-state index is 6.80. The van der Waals surface area contributed by atoms with Crippen LogP contribution in [0, 0.1) is 0 Å². The average molecular weight is 587 g/mol. The second-order valence-corrected chi connectivity index (χ2v) is 12.1. The van der Waals surface area contributed by atoms with Crippen molar-refractivity contribution < 1.29 is 9.39 Å². The topological polar surface area (TPSA) is 23.4 Å². The van der Waals surface area contributed by atoms with E-state index in [1.165, 1.54) is 21.8 Å². The number of hydrogen-bond acceptors (Lipinski definition) is 2. The van der Waals surface area contributed by atoms with Gasteiger partial charge in [-0.15, -0.1) is 0 Å². The van der Waals surface area contributed by atoms with Crippen LogP contribution < -0.4 is 20.3 Å². The number of rotatable bonds is 3. The van der Waals surface area contributed by atoms with E-state index < -0.39 is 0 Å². The van der Waals surface area contributed by atoms with Crippen molar-refractivity contribution in [3.8, 4) is 56.3 Å². The molecule has 0 atom stereocenters. The molecular weight excluding hydrogens is 561 g/mol. The van der Waals surface area contributed by atoms with Gasteiger partial charge in [0.2, 0.25) is 0 Å². The molecule has 10 rings (SSSR count). The first-order valence-corrected chi connectivity index (χ1v) is 15.7. The summed E-state index contributed by atoms with van der Waals surface area (Å²) in [6.07, 6.45) is 0. The molecule has 4 heteroatoms. The highest BCUT2D eigenvalue weighted by Gasteiger charge is 2.41. The van der Waals surface area contributed by atoms with Crippen molar-refractivity contribution in [2.24, 2.45) is 0 Å². The molecule has 8 aromatic rings. The molecule has 3 nitrogen and oxygen atoms in total. The van der Waals surface area contributed by atoms with Gasteiger partial charge in [0.25, 0.3) is 0 Å². The number of hydrogen-bond donors (Lipinski definition) is 0. The van der Waals surface area contributed by atoms with Crippen LogP contribution in [0.2, 0.25) is 0 Å². The van der Waals surface area contributed by atoms with Crippen LogP contribution in [0.3, 0.4) is 0 Å².